The molecule has 7 nitrogen and oxygen atoms in total. The molecule has 3 rings (SSSR count). The van der Waals surface area contributed by atoms with E-state index in [1.807, 2.05) is 0 Å². The lowest BCUT2D eigenvalue weighted by Crippen LogP contribution is -2.41. The van der Waals surface area contributed by atoms with Crippen molar-refractivity contribution in [2.45, 2.75) is 32.0 Å². The number of benzene rings is 1. The SMILES string of the molecule is CC(OC(=O)C1CCN(C(=O)c2ccco2)CC1)C(=O)Nc1ccc(C(F)(F)F)cc1. The summed E-state index contributed by atoms with van der Waals surface area (Å²) < 4.78 is 48.1. The molecule has 1 aromatic heterocycles. The van der Waals surface area contributed by atoms with E-state index < -0.39 is 35.6 Å². The maximum Gasteiger partial charge on any atom is 0.416 e. The molecule has 1 aliphatic heterocycles. The number of likely N-dealkylation sites (tertiary alicyclic amines) is 1. The fraction of sp³-hybridized carbons (Fsp3) is 0.381. The van der Waals surface area contributed by atoms with Gasteiger partial charge in [0.2, 0.25) is 0 Å². The van der Waals surface area contributed by atoms with E-state index in [2.05, 4.69) is 5.32 Å². The third kappa shape index (κ3) is 5.65. The van der Waals surface area contributed by atoms with Crippen molar-refractivity contribution in [3.8, 4) is 0 Å². The maximum absolute atomic E-state index is 12.6. The molecule has 0 aliphatic carbocycles. The standard InChI is InChI=1S/C21H21F3N2O5/c1-13(18(27)25-16-6-4-15(5-7-16)21(22,23)24)31-20(29)14-8-10-26(11-9-14)19(28)17-3-2-12-30-17/h2-7,12-14H,8-11H2,1H3,(H,25,27). The van der Waals surface area contributed by atoms with Gasteiger partial charge in [0, 0.05) is 18.8 Å². The van der Waals surface area contributed by atoms with Crippen LogP contribution in [0.5, 0.6) is 0 Å². The summed E-state index contributed by atoms with van der Waals surface area (Å²) in [5, 5.41) is 2.42. The summed E-state index contributed by atoms with van der Waals surface area (Å²) in [6.07, 6.45) is -3.41. The predicted molar refractivity (Wildman–Crippen MR) is 103 cm³/mol. The number of piperidine rings is 1. The summed E-state index contributed by atoms with van der Waals surface area (Å²) in [5.74, 6) is -1.68. The molecule has 31 heavy (non-hydrogen) atoms. The first-order valence-corrected chi connectivity index (χ1v) is 9.66. The summed E-state index contributed by atoms with van der Waals surface area (Å²) in [4.78, 5) is 38.4. The quantitative estimate of drug-likeness (QED) is 0.719. The lowest BCUT2D eigenvalue weighted by atomic mass is 9.97. The molecule has 0 saturated carbocycles. The highest BCUT2D eigenvalue weighted by atomic mass is 19.4. The van der Waals surface area contributed by atoms with Crippen LogP contribution in [0.15, 0.2) is 47.1 Å². The molecular weight excluding hydrogens is 417 g/mol. The summed E-state index contributed by atoms with van der Waals surface area (Å²) >= 11 is 0. The van der Waals surface area contributed by atoms with Crippen LogP contribution in [0.1, 0.15) is 35.9 Å². The molecular formula is C21H21F3N2O5. The largest absolute Gasteiger partial charge is 0.459 e. The van der Waals surface area contributed by atoms with Crippen LogP contribution in [0.25, 0.3) is 0 Å². The average molecular weight is 438 g/mol. The average Bonchev–Trinajstić information content (AvgIpc) is 3.28. The van der Waals surface area contributed by atoms with Gasteiger partial charge in [0.05, 0.1) is 17.7 Å². The van der Waals surface area contributed by atoms with Crippen LogP contribution >= 0.6 is 0 Å². The van der Waals surface area contributed by atoms with E-state index in [1.54, 1.807) is 17.0 Å². The molecule has 166 valence electrons. The van der Waals surface area contributed by atoms with Crippen LogP contribution in [-0.4, -0.2) is 41.9 Å². The number of ether oxygens (including phenoxy) is 1. The van der Waals surface area contributed by atoms with Crippen molar-refractivity contribution < 1.29 is 36.7 Å². The zero-order chi connectivity index (χ0) is 22.6. The second kappa shape index (κ2) is 9.23. The Kier molecular flexibility index (Phi) is 6.67. The number of rotatable bonds is 5. The highest BCUT2D eigenvalue weighted by Gasteiger charge is 2.32. The molecule has 1 atom stereocenters. The van der Waals surface area contributed by atoms with Gasteiger partial charge >= 0.3 is 12.1 Å². The Bertz CT molecular complexity index is 917. The number of halogens is 3. The van der Waals surface area contributed by atoms with Gasteiger partial charge in [0.15, 0.2) is 11.9 Å². The van der Waals surface area contributed by atoms with E-state index in [4.69, 9.17) is 9.15 Å². The van der Waals surface area contributed by atoms with E-state index in [9.17, 15) is 27.6 Å². The minimum Gasteiger partial charge on any atom is -0.459 e. The van der Waals surface area contributed by atoms with Crippen molar-refractivity contribution in [3.63, 3.8) is 0 Å². The summed E-state index contributed by atoms with van der Waals surface area (Å²) in [6, 6.07) is 7.14. The van der Waals surface area contributed by atoms with E-state index in [0.717, 1.165) is 24.3 Å². The van der Waals surface area contributed by atoms with Crippen LogP contribution in [0.2, 0.25) is 0 Å². The number of amides is 2. The highest BCUT2D eigenvalue weighted by Crippen LogP contribution is 2.30. The van der Waals surface area contributed by atoms with Crippen molar-refractivity contribution in [3.05, 3.63) is 54.0 Å². The number of carbonyl (C=O) groups is 3. The maximum atomic E-state index is 12.6. The molecule has 1 aromatic carbocycles. The van der Waals surface area contributed by atoms with E-state index in [-0.39, 0.29) is 17.4 Å². The first kappa shape index (κ1) is 22.4. The van der Waals surface area contributed by atoms with Crippen LogP contribution < -0.4 is 5.32 Å². The summed E-state index contributed by atoms with van der Waals surface area (Å²) in [5.41, 5.74) is -0.674. The first-order chi connectivity index (χ1) is 14.6. The number of anilines is 1. The predicted octanol–water partition coefficient (Wildman–Crippen LogP) is 3.72. The van der Waals surface area contributed by atoms with Crippen molar-refractivity contribution >= 4 is 23.5 Å². The third-order valence-electron chi connectivity index (χ3n) is 4.99. The Balaban J connectivity index is 1.47. The van der Waals surface area contributed by atoms with E-state index in [1.165, 1.54) is 13.2 Å². The zero-order valence-electron chi connectivity index (χ0n) is 16.6. The zero-order valence-corrected chi connectivity index (χ0v) is 16.6. The molecule has 0 radical (unpaired) electrons. The summed E-state index contributed by atoms with van der Waals surface area (Å²) in [6.45, 7) is 2.09. The van der Waals surface area contributed by atoms with Gasteiger partial charge in [-0.15, -0.1) is 0 Å². The fourth-order valence-corrected chi connectivity index (χ4v) is 3.18. The molecule has 2 aromatic rings. The minimum atomic E-state index is -4.47. The molecule has 10 heteroatoms. The molecule has 0 spiro atoms. The van der Waals surface area contributed by atoms with Gasteiger partial charge < -0.3 is 19.4 Å². The second-order valence-electron chi connectivity index (χ2n) is 7.19. The molecule has 1 N–H and O–H groups in total. The molecule has 0 bridgehead atoms. The molecule has 2 amide bonds. The number of furan rings is 1. The third-order valence-corrected chi connectivity index (χ3v) is 4.99. The highest BCUT2D eigenvalue weighted by molar-refractivity contribution is 5.95. The van der Waals surface area contributed by atoms with Gasteiger partial charge in [-0.25, -0.2) is 0 Å². The number of esters is 1. The van der Waals surface area contributed by atoms with E-state index in [0.29, 0.717) is 25.9 Å². The monoisotopic (exact) mass is 438 g/mol. The lowest BCUT2D eigenvalue weighted by molar-refractivity contribution is -0.158. The van der Waals surface area contributed by atoms with E-state index >= 15 is 0 Å². The molecule has 1 aliphatic rings. The second-order valence-corrected chi connectivity index (χ2v) is 7.19. The van der Waals surface area contributed by atoms with Gasteiger partial charge in [0.25, 0.3) is 11.8 Å². The van der Waals surface area contributed by atoms with Crippen LogP contribution in [0.4, 0.5) is 18.9 Å². The first-order valence-electron chi connectivity index (χ1n) is 9.66. The topological polar surface area (TPSA) is 88.8 Å². The van der Waals surface area contributed by atoms with Gasteiger partial charge in [-0.2, -0.15) is 13.2 Å². The van der Waals surface area contributed by atoms with Crippen LogP contribution in [0.3, 0.4) is 0 Å². The number of carbonyl (C=O) groups excluding carboxylic acids is 3. The number of hydrogen-bond acceptors (Lipinski definition) is 5. The van der Waals surface area contributed by atoms with Gasteiger partial charge in [0.1, 0.15) is 0 Å². The fourth-order valence-electron chi connectivity index (χ4n) is 3.18. The summed E-state index contributed by atoms with van der Waals surface area (Å²) in [7, 11) is 0. The number of alkyl halides is 3. The number of hydrogen-bond donors (Lipinski definition) is 1. The van der Waals surface area contributed by atoms with Gasteiger partial charge in [-0.1, -0.05) is 0 Å². The Morgan fingerprint density at radius 2 is 1.77 bits per heavy atom. The van der Waals surface area contributed by atoms with Crippen LogP contribution in [0, 0.1) is 5.92 Å². The minimum absolute atomic E-state index is 0.158. The number of nitrogens with zero attached hydrogens (tertiary/aromatic N) is 1. The Morgan fingerprint density at radius 3 is 2.32 bits per heavy atom. The smallest absolute Gasteiger partial charge is 0.416 e. The lowest BCUT2D eigenvalue weighted by Gasteiger charge is -2.30. The normalized spacial score (nSPS) is 15.9. The Hall–Kier alpha value is -3.30. The van der Waals surface area contributed by atoms with Gasteiger partial charge in [-0.3, -0.25) is 14.4 Å². The Labute approximate surface area is 176 Å². The van der Waals surface area contributed by atoms with Crippen molar-refractivity contribution in [1.29, 1.82) is 0 Å². The van der Waals surface area contributed by atoms with Crippen LogP contribution in [-0.2, 0) is 20.5 Å². The molecule has 2 heterocycles. The van der Waals surface area contributed by atoms with Crippen molar-refractivity contribution in [2.24, 2.45) is 5.92 Å². The van der Waals surface area contributed by atoms with Gasteiger partial charge in [-0.05, 0) is 56.2 Å². The Morgan fingerprint density at radius 1 is 1.13 bits per heavy atom. The molecule has 1 saturated heterocycles. The molecule has 1 fully saturated rings. The van der Waals surface area contributed by atoms with Crippen molar-refractivity contribution in [1.82, 2.24) is 4.90 Å². The van der Waals surface area contributed by atoms with Crippen molar-refractivity contribution in [2.75, 3.05) is 18.4 Å². The number of nitrogens with one attached hydrogen (secondary N) is 1. The molecule has 1 unspecified atom stereocenters.